The Hall–Kier alpha value is -0.170. The van der Waals surface area contributed by atoms with Crippen LogP contribution in [0.3, 0.4) is 0 Å². The first-order chi connectivity index (χ1) is 9.52. The number of hydrogen-bond donors (Lipinski definition) is 2. The molecule has 1 fully saturated rings. The van der Waals surface area contributed by atoms with E-state index in [1.165, 1.54) is 10.7 Å². The summed E-state index contributed by atoms with van der Waals surface area (Å²) in [7, 11) is -0.0128. The fraction of sp³-hybridized carbons (Fsp3) is 1.00. The van der Waals surface area contributed by atoms with E-state index in [2.05, 4.69) is 26.1 Å². The molecular formula is C15H32N2O3S. The number of aliphatic hydroxyl groups is 1. The first kappa shape index (κ1) is 18.9. The van der Waals surface area contributed by atoms with Crippen LogP contribution in [-0.4, -0.2) is 56.4 Å². The van der Waals surface area contributed by atoms with Crippen LogP contribution in [0.25, 0.3) is 0 Å². The lowest BCUT2D eigenvalue weighted by Crippen LogP contribution is -2.55. The summed E-state index contributed by atoms with van der Waals surface area (Å²) >= 11 is 0. The van der Waals surface area contributed by atoms with Crippen molar-refractivity contribution in [1.29, 1.82) is 0 Å². The standard InChI is InChI=1S/C15H32N2O3S/c1-13-9-14(2,3)11-15(10-13,12-18)16-7-6-8-21(19,20)17(4)5/h13,16,18H,6-12H2,1-5H3. The Morgan fingerprint density at radius 3 is 2.38 bits per heavy atom. The highest BCUT2D eigenvalue weighted by molar-refractivity contribution is 7.89. The van der Waals surface area contributed by atoms with Gasteiger partial charge in [-0.05, 0) is 43.6 Å². The molecule has 1 saturated carbocycles. The molecule has 0 aliphatic heterocycles. The van der Waals surface area contributed by atoms with Gasteiger partial charge >= 0.3 is 0 Å². The van der Waals surface area contributed by atoms with E-state index in [0.717, 1.165) is 12.8 Å². The van der Waals surface area contributed by atoms with E-state index in [1.54, 1.807) is 14.1 Å². The van der Waals surface area contributed by atoms with Gasteiger partial charge in [0.15, 0.2) is 0 Å². The number of rotatable bonds is 7. The van der Waals surface area contributed by atoms with Crippen molar-refractivity contribution in [2.75, 3.05) is 33.0 Å². The van der Waals surface area contributed by atoms with Crippen molar-refractivity contribution in [3.05, 3.63) is 0 Å². The summed E-state index contributed by atoms with van der Waals surface area (Å²) in [5.74, 6) is 0.715. The maximum absolute atomic E-state index is 11.7. The summed E-state index contributed by atoms with van der Waals surface area (Å²) in [4.78, 5) is 0. The van der Waals surface area contributed by atoms with Crippen molar-refractivity contribution in [1.82, 2.24) is 9.62 Å². The van der Waals surface area contributed by atoms with Crippen LogP contribution in [0.2, 0.25) is 0 Å². The predicted molar refractivity (Wildman–Crippen MR) is 86.7 cm³/mol. The van der Waals surface area contributed by atoms with E-state index in [9.17, 15) is 13.5 Å². The number of nitrogens with one attached hydrogen (secondary N) is 1. The molecule has 2 N–H and O–H groups in total. The van der Waals surface area contributed by atoms with Crippen LogP contribution in [0.1, 0.15) is 46.5 Å². The fourth-order valence-corrected chi connectivity index (χ4v) is 4.72. The average Bonchev–Trinajstić information content (AvgIpc) is 2.32. The third-order valence-corrected chi connectivity index (χ3v) is 6.31. The van der Waals surface area contributed by atoms with Gasteiger partial charge in [-0.3, -0.25) is 0 Å². The van der Waals surface area contributed by atoms with Crippen LogP contribution in [0.4, 0.5) is 0 Å². The molecule has 0 spiro atoms. The van der Waals surface area contributed by atoms with Crippen LogP contribution in [0.15, 0.2) is 0 Å². The Morgan fingerprint density at radius 2 is 1.90 bits per heavy atom. The second kappa shape index (κ2) is 6.94. The number of hydrogen-bond acceptors (Lipinski definition) is 4. The topological polar surface area (TPSA) is 69.6 Å². The third-order valence-electron chi connectivity index (χ3n) is 4.40. The Balaban J connectivity index is 2.55. The summed E-state index contributed by atoms with van der Waals surface area (Å²) < 4.78 is 24.7. The van der Waals surface area contributed by atoms with Crippen LogP contribution < -0.4 is 5.32 Å². The maximum atomic E-state index is 11.7. The lowest BCUT2D eigenvalue weighted by Gasteiger charge is -2.47. The van der Waals surface area contributed by atoms with Gasteiger partial charge in [0.25, 0.3) is 0 Å². The first-order valence-electron chi connectivity index (χ1n) is 7.78. The number of nitrogens with zero attached hydrogens (tertiary/aromatic N) is 1. The van der Waals surface area contributed by atoms with E-state index >= 15 is 0 Å². The van der Waals surface area contributed by atoms with E-state index in [0.29, 0.717) is 18.9 Å². The molecule has 6 heteroatoms. The molecule has 0 heterocycles. The molecule has 2 atom stereocenters. The minimum absolute atomic E-state index is 0.112. The third kappa shape index (κ3) is 5.51. The van der Waals surface area contributed by atoms with E-state index in [4.69, 9.17) is 0 Å². The lowest BCUT2D eigenvalue weighted by molar-refractivity contribution is 0.0367. The zero-order valence-corrected chi connectivity index (χ0v) is 15.0. The molecule has 1 aliphatic rings. The summed E-state index contributed by atoms with van der Waals surface area (Å²) in [6.45, 7) is 7.44. The Bertz CT molecular complexity index is 434. The van der Waals surface area contributed by atoms with Crippen molar-refractivity contribution in [3.63, 3.8) is 0 Å². The monoisotopic (exact) mass is 320 g/mol. The first-order valence-corrected chi connectivity index (χ1v) is 9.39. The molecule has 0 amide bonds. The lowest BCUT2D eigenvalue weighted by atomic mass is 9.64. The van der Waals surface area contributed by atoms with Gasteiger partial charge in [-0.25, -0.2) is 12.7 Å². The minimum Gasteiger partial charge on any atom is -0.394 e. The molecule has 5 nitrogen and oxygen atoms in total. The van der Waals surface area contributed by atoms with Crippen LogP contribution in [0.5, 0.6) is 0 Å². The predicted octanol–water partition coefficient (Wildman–Crippen LogP) is 1.43. The van der Waals surface area contributed by atoms with E-state index in [-0.39, 0.29) is 23.3 Å². The molecule has 0 saturated heterocycles. The van der Waals surface area contributed by atoms with Gasteiger partial charge in [-0.1, -0.05) is 20.8 Å². The molecular weight excluding hydrogens is 288 g/mol. The number of aliphatic hydroxyl groups excluding tert-OH is 1. The van der Waals surface area contributed by atoms with E-state index < -0.39 is 10.0 Å². The maximum Gasteiger partial charge on any atom is 0.213 e. The van der Waals surface area contributed by atoms with Gasteiger partial charge in [-0.15, -0.1) is 0 Å². The zero-order valence-electron chi connectivity index (χ0n) is 14.1. The second-order valence-corrected chi connectivity index (χ2v) is 9.97. The smallest absolute Gasteiger partial charge is 0.213 e. The quantitative estimate of drug-likeness (QED) is 0.696. The highest BCUT2D eigenvalue weighted by Gasteiger charge is 2.42. The molecule has 0 bridgehead atoms. The van der Waals surface area contributed by atoms with Gasteiger partial charge in [0.1, 0.15) is 0 Å². The largest absolute Gasteiger partial charge is 0.394 e. The second-order valence-electron chi connectivity index (χ2n) is 7.67. The van der Waals surface area contributed by atoms with Crippen molar-refractivity contribution in [3.8, 4) is 0 Å². The summed E-state index contributed by atoms with van der Waals surface area (Å²) in [6.07, 6.45) is 3.62. The Morgan fingerprint density at radius 1 is 1.29 bits per heavy atom. The van der Waals surface area contributed by atoms with Gasteiger partial charge in [0.2, 0.25) is 10.0 Å². The summed E-state index contributed by atoms with van der Waals surface area (Å²) in [6, 6.07) is 0. The molecule has 0 aromatic carbocycles. The molecule has 0 aromatic heterocycles. The highest BCUT2D eigenvalue weighted by atomic mass is 32.2. The van der Waals surface area contributed by atoms with Gasteiger partial charge < -0.3 is 10.4 Å². The summed E-state index contributed by atoms with van der Waals surface area (Å²) in [5.41, 5.74) is -0.0495. The van der Waals surface area contributed by atoms with Crippen molar-refractivity contribution in [2.24, 2.45) is 11.3 Å². The fourth-order valence-electron chi connectivity index (χ4n) is 3.84. The number of sulfonamides is 1. The van der Waals surface area contributed by atoms with Crippen LogP contribution in [-0.2, 0) is 10.0 Å². The zero-order chi connectivity index (χ0) is 16.3. The Labute approximate surface area is 130 Å². The van der Waals surface area contributed by atoms with E-state index in [1.807, 2.05) is 0 Å². The van der Waals surface area contributed by atoms with Gasteiger partial charge in [0, 0.05) is 19.6 Å². The SMILES string of the molecule is CC1CC(C)(C)CC(CO)(NCCCS(=O)(=O)N(C)C)C1. The Kier molecular flexibility index (Phi) is 6.24. The molecule has 2 unspecified atom stereocenters. The summed E-state index contributed by atoms with van der Waals surface area (Å²) in [5, 5.41) is 13.3. The van der Waals surface area contributed by atoms with Gasteiger partial charge in [-0.2, -0.15) is 0 Å². The molecule has 1 aliphatic carbocycles. The molecule has 0 aromatic rings. The molecule has 1 rings (SSSR count). The molecule has 126 valence electrons. The molecule has 0 radical (unpaired) electrons. The van der Waals surface area contributed by atoms with Crippen LogP contribution >= 0.6 is 0 Å². The average molecular weight is 320 g/mol. The van der Waals surface area contributed by atoms with Gasteiger partial charge in [0.05, 0.1) is 12.4 Å². The highest BCUT2D eigenvalue weighted by Crippen LogP contribution is 2.43. The van der Waals surface area contributed by atoms with Crippen molar-refractivity contribution in [2.45, 2.75) is 52.0 Å². The van der Waals surface area contributed by atoms with Crippen molar-refractivity contribution >= 4 is 10.0 Å². The minimum atomic E-state index is -3.13. The van der Waals surface area contributed by atoms with Crippen LogP contribution in [0, 0.1) is 11.3 Å². The molecule has 21 heavy (non-hydrogen) atoms. The van der Waals surface area contributed by atoms with Crippen molar-refractivity contribution < 1.29 is 13.5 Å². The normalized spacial score (nSPS) is 29.8.